The molecular weight excluding hydrogens is 178 g/mol. The van der Waals surface area contributed by atoms with Crippen molar-refractivity contribution in [2.75, 3.05) is 0 Å². The maximum absolute atomic E-state index is 10.6. The number of hydrogen-bond donors (Lipinski definition) is 1. The summed E-state index contributed by atoms with van der Waals surface area (Å²) in [6.07, 6.45) is 3.50. The molecule has 0 bridgehead atoms. The van der Waals surface area contributed by atoms with Crippen LogP contribution in [0.1, 0.15) is 48.7 Å². The van der Waals surface area contributed by atoms with Gasteiger partial charge in [-0.1, -0.05) is 13.8 Å². The summed E-state index contributed by atoms with van der Waals surface area (Å²) in [5.41, 5.74) is 1.24. The van der Waals surface area contributed by atoms with Gasteiger partial charge in [0.2, 0.25) is 0 Å². The lowest BCUT2D eigenvalue weighted by Gasteiger charge is -2.10. The molecular formula is C11H15NO2. The average Bonchev–Trinajstić information content (AvgIpc) is 2.20. The van der Waals surface area contributed by atoms with Crippen LogP contribution in [-0.2, 0) is 0 Å². The maximum Gasteiger partial charge on any atom is 0.337 e. The molecule has 1 rings (SSSR count). The third-order valence-electron chi connectivity index (χ3n) is 2.44. The van der Waals surface area contributed by atoms with Crippen LogP contribution in [-0.4, -0.2) is 16.1 Å². The van der Waals surface area contributed by atoms with Gasteiger partial charge < -0.3 is 5.11 Å². The SMILES string of the molecule is CCC(CC)c1ccc(C(=O)O)cn1. The van der Waals surface area contributed by atoms with Crippen molar-refractivity contribution in [2.24, 2.45) is 0 Å². The molecule has 3 nitrogen and oxygen atoms in total. The van der Waals surface area contributed by atoms with Crippen LogP contribution in [0, 0.1) is 0 Å². The number of carboxylic acid groups (broad SMARTS) is 1. The van der Waals surface area contributed by atoms with E-state index in [1.165, 1.54) is 6.20 Å². The van der Waals surface area contributed by atoms with E-state index in [9.17, 15) is 4.79 Å². The summed E-state index contributed by atoms with van der Waals surface area (Å²) in [6, 6.07) is 3.42. The fourth-order valence-corrected chi connectivity index (χ4v) is 1.48. The van der Waals surface area contributed by atoms with E-state index in [1.54, 1.807) is 12.1 Å². The molecule has 0 spiro atoms. The third-order valence-corrected chi connectivity index (χ3v) is 2.44. The smallest absolute Gasteiger partial charge is 0.337 e. The first-order valence-corrected chi connectivity index (χ1v) is 4.88. The van der Waals surface area contributed by atoms with Gasteiger partial charge in [-0.2, -0.15) is 0 Å². The van der Waals surface area contributed by atoms with E-state index in [0.717, 1.165) is 18.5 Å². The monoisotopic (exact) mass is 193 g/mol. The Bertz CT molecular complexity index is 302. The third kappa shape index (κ3) is 2.31. The molecule has 76 valence electrons. The zero-order chi connectivity index (χ0) is 10.6. The molecule has 1 aromatic heterocycles. The van der Waals surface area contributed by atoms with Crippen LogP contribution in [0.15, 0.2) is 18.3 Å². The van der Waals surface area contributed by atoms with E-state index in [0.29, 0.717) is 5.92 Å². The first-order valence-electron chi connectivity index (χ1n) is 4.88. The van der Waals surface area contributed by atoms with Gasteiger partial charge in [0.1, 0.15) is 0 Å². The maximum atomic E-state index is 10.6. The second-order valence-electron chi connectivity index (χ2n) is 3.29. The average molecular weight is 193 g/mol. The quantitative estimate of drug-likeness (QED) is 0.799. The molecule has 0 aliphatic rings. The number of aromatic nitrogens is 1. The minimum atomic E-state index is -0.923. The van der Waals surface area contributed by atoms with Gasteiger partial charge in [0, 0.05) is 17.8 Å². The highest BCUT2D eigenvalue weighted by molar-refractivity contribution is 5.87. The topological polar surface area (TPSA) is 50.2 Å². The fourth-order valence-electron chi connectivity index (χ4n) is 1.48. The van der Waals surface area contributed by atoms with Crippen LogP contribution in [0.5, 0.6) is 0 Å². The first kappa shape index (κ1) is 10.7. The van der Waals surface area contributed by atoms with E-state index in [2.05, 4.69) is 18.8 Å². The van der Waals surface area contributed by atoms with Gasteiger partial charge in [-0.15, -0.1) is 0 Å². The van der Waals surface area contributed by atoms with Crippen LogP contribution in [0.3, 0.4) is 0 Å². The van der Waals surface area contributed by atoms with Gasteiger partial charge >= 0.3 is 5.97 Å². The molecule has 0 radical (unpaired) electrons. The van der Waals surface area contributed by atoms with Gasteiger partial charge in [-0.3, -0.25) is 4.98 Å². The summed E-state index contributed by atoms with van der Waals surface area (Å²) in [6.45, 7) is 4.22. The Kier molecular flexibility index (Phi) is 3.63. The molecule has 0 aliphatic heterocycles. The van der Waals surface area contributed by atoms with Crippen molar-refractivity contribution in [2.45, 2.75) is 32.6 Å². The highest BCUT2D eigenvalue weighted by Gasteiger charge is 2.09. The van der Waals surface area contributed by atoms with Crippen molar-refractivity contribution in [3.05, 3.63) is 29.6 Å². The summed E-state index contributed by atoms with van der Waals surface area (Å²) in [5.74, 6) is -0.480. The minimum Gasteiger partial charge on any atom is -0.478 e. The predicted octanol–water partition coefficient (Wildman–Crippen LogP) is 2.68. The summed E-state index contributed by atoms with van der Waals surface area (Å²) < 4.78 is 0. The lowest BCUT2D eigenvalue weighted by molar-refractivity contribution is 0.0696. The molecule has 1 N–H and O–H groups in total. The van der Waals surface area contributed by atoms with E-state index < -0.39 is 5.97 Å². The highest BCUT2D eigenvalue weighted by Crippen LogP contribution is 2.20. The largest absolute Gasteiger partial charge is 0.478 e. The van der Waals surface area contributed by atoms with Crippen molar-refractivity contribution in [1.82, 2.24) is 4.98 Å². The Morgan fingerprint density at radius 3 is 2.43 bits per heavy atom. The minimum absolute atomic E-state index is 0.250. The molecule has 0 amide bonds. The number of nitrogens with zero attached hydrogens (tertiary/aromatic N) is 1. The van der Waals surface area contributed by atoms with Crippen molar-refractivity contribution in [3.8, 4) is 0 Å². The van der Waals surface area contributed by atoms with Gasteiger partial charge in [-0.25, -0.2) is 4.79 Å². The predicted molar refractivity (Wildman–Crippen MR) is 54.5 cm³/mol. The highest BCUT2D eigenvalue weighted by atomic mass is 16.4. The second kappa shape index (κ2) is 4.74. The number of hydrogen-bond acceptors (Lipinski definition) is 2. The lowest BCUT2D eigenvalue weighted by atomic mass is 9.98. The van der Waals surface area contributed by atoms with Crippen LogP contribution >= 0.6 is 0 Å². The number of aromatic carboxylic acids is 1. The Balaban J connectivity index is 2.87. The molecule has 0 fully saturated rings. The Labute approximate surface area is 83.8 Å². The molecule has 1 aromatic rings. The van der Waals surface area contributed by atoms with Crippen LogP contribution in [0.25, 0.3) is 0 Å². The van der Waals surface area contributed by atoms with Gasteiger partial charge in [0.05, 0.1) is 5.56 Å². The van der Waals surface area contributed by atoms with Crippen molar-refractivity contribution < 1.29 is 9.90 Å². The Hall–Kier alpha value is -1.38. The van der Waals surface area contributed by atoms with E-state index in [1.807, 2.05) is 0 Å². The summed E-state index contributed by atoms with van der Waals surface area (Å²) in [4.78, 5) is 14.7. The van der Waals surface area contributed by atoms with E-state index >= 15 is 0 Å². The molecule has 1 heterocycles. The second-order valence-corrected chi connectivity index (χ2v) is 3.29. The number of carbonyl (C=O) groups is 1. The normalized spacial score (nSPS) is 10.5. The van der Waals surface area contributed by atoms with Crippen LogP contribution in [0.4, 0.5) is 0 Å². The zero-order valence-electron chi connectivity index (χ0n) is 8.53. The Morgan fingerprint density at radius 2 is 2.07 bits per heavy atom. The molecule has 0 saturated carbocycles. The molecule has 0 atom stereocenters. The van der Waals surface area contributed by atoms with Gasteiger partial charge in [-0.05, 0) is 25.0 Å². The molecule has 0 aliphatic carbocycles. The van der Waals surface area contributed by atoms with E-state index in [-0.39, 0.29) is 5.56 Å². The fraction of sp³-hybridized carbons (Fsp3) is 0.455. The van der Waals surface area contributed by atoms with Crippen molar-refractivity contribution in [3.63, 3.8) is 0 Å². The number of rotatable bonds is 4. The van der Waals surface area contributed by atoms with E-state index in [4.69, 9.17) is 5.11 Å². The van der Waals surface area contributed by atoms with Gasteiger partial charge in [0.15, 0.2) is 0 Å². The number of carboxylic acids is 1. The standard InChI is InChI=1S/C11H15NO2/c1-3-8(4-2)10-6-5-9(7-12-10)11(13)14/h5-8H,3-4H2,1-2H3,(H,13,14). The van der Waals surface area contributed by atoms with Crippen LogP contribution < -0.4 is 0 Å². The van der Waals surface area contributed by atoms with Gasteiger partial charge in [0.25, 0.3) is 0 Å². The molecule has 3 heteroatoms. The number of pyridine rings is 1. The van der Waals surface area contributed by atoms with Crippen LogP contribution in [0.2, 0.25) is 0 Å². The zero-order valence-corrected chi connectivity index (χ0v) is 8.53. The summed E-state index contributed by atoms with van der Waals surface area (Å²) >= 11 is 0. The lowest BCUT2D eigenvalue weighted by Crippen LogP contribution is -2.02. The summed E-state index contributed by atoms with van der Waals surface area (Å²) in [5, 5.41) is 8.69. The molecule has 0 aromatic carbocycles. The molecule has 14 heavy (non-hydrogen) atoms. The molecule has 0 saturated heterocycles. The molecule has 0 unspecified atom stereocenters. The Morgan fingerprint density at radius 1 is 1.43 bits per heavy atom. The first-order chi connectivity index (χ1) is 6.69. The van der Waals surface area contributed by atoms with Crippen molar-refractivity contribution >= 4 is 5.97 Å². The van der Waals surface area contributed by atoms with Crippen molar-refractivity contribution in [1.29, 1.82) is 0 Å². The summed E-state index contributed by atoms with van der Waals surface area (Å²) in [7, 11) is 0.